The van der Waals surface area contributed by atoms with Crippen molar-refractivity contribution >= 4 is 0 Å². The maximum Gasteiger partial charge on any atom is 0.0431 e. The van der Waals surface area contributed by atoms with Gasteiger partial charge in [-0.2, -0.15) is 0 Å². The largest absolute Gasteiger partial charge is 0.396 e. The van der Waals surface area contributed by atoms with E-state index in [-0.39, 0.29) is 0 Å². The van der Waals surface area contributed by atoms with Crippen LogP contribution in [0, 0.1) is 5.92 Å². The standard InChI is InChI=1S/C10H20O/c1-9(2)6-7-10(3)5-4-8-11/h10-11H,1,4-8H2,2-3H3. The number of rotatable bonds is 6. The van der Waals surface area contributed by atoms with Crippen LogP contribution in [0.1, 0.15) is 39.5 Å². The smallest absolute Gasteiger partial charge is 0.0431 e. The van der Waals surface area contributed by atoms with Gasteiger partial charge in [-0.25, -0.2) is 0 Å². The highest BCUT2D eigenvalue weighted by atomic mass is 16.2. The fourth-order valence-electron chi connectivity index (χ4n) is 1.08. The summed E-state index contributed by atoms with van der Waals surface area (Å²) in [6.45, 7) is 8.49. The molecule has 1 unspecified atom stereocenters. The van der Waals surface area contributed by atoms with Gasteiger partial charge in [0.2, 0.25) is 0 Å². The van der Waals surface area contributed by atoms with Crippen molar-refractivity contribution in [1.29, 1.82) is 0 Å². The highest BCUT2D eigenvalue weighted by Crippen LogP contribution is 2.14. The van der Waals surface area contributed by atoms with Crippen molar-refractivity contribution in [1.82, 2.24) is 0 Å². The van der Waals surface area contributed by atoms with Crippen LogP contribution in [0.5, 0.6) is 0 Å². The van der Waals surface area contributed by atoms with E-state index in [1.54, 1.807) is 0 Å². The van der Waals surface area contributed by atoms with Crippen molar-refractivity contribution in [3.8, 4) is 0 Å². The minimum absolute atomic E-state index is 0.331. The summed E-state index contributed by atoms with van der Waals surface area (Å²) in [5.74, 6) is 0.735. The molecule has 0 fully saturated rings. The first kappa shape index (κ1) is 10.7. The van der Waals surface area contributed by atoms with Gasteiger partial charge >= 0.3 is 0 Å². The van der Waals surface area contributed by atoms with Gasteiger partial charge in [-0.15, -0.1) is 6.58 Å². The SMILES string of the molecule is C=C(C)CCC(C)CCCO. The Kier molecular flexibility index (Phi) is 6.24. The molecule has 66 valence electrons. The molecule has 0 saturated heterocycles. The first-order valence-electron chi connectivity index (χ1n) is 4.42. The first-order chi connectivity index (χ1) is 5.16. The maximum atomic E-state index is 8.57. The van der Waals surface area contributed by atoms with Gasteiger partial charge in [0.05, 0.1) is 0 Å². The summed E-state index contributed by atoms with van der Waals surface area (Å²) in [6, 6.07) is 0. The number of hydrogen-bond donors (Lipinski definition) is 1. The van der Waals surface area contributed by atoms with E-state index in [0.29, 0.717) is 6.61 Å². The van der Waals surface area contributed by atoms with Gasteiger partial charge < -0.3 is 5.11 Å². The fourth-order valence-corrected chi connectivity index (χ4v) is 1.08. The minimum Gasteiger partial charge on any atom is -0.396 e. The summed E-state index contributed by atoms with van der Waals surface area (Å²) in [7, 11) is 0. The van der Waals surface area contributed by atoms with E-state index >= 15 is 0 Å². The molecule has 0 aromatic heterocycles. The Hall–Kier alpha value is -0.300. The maximum absolute atomic E-state index is 8.57. The van der Waals surface area contributed by atoms with Gasteiger partial charge in [0, 0.05) is 6.61 Å². The zero-order valence-corrected chi connectivity index (χ0v) is 7.77. The summed E-state index contributed by atoms with van der Waals surface area (Å²) in [5.41, 5.74) is 1.26. The van der Waals surface area contributed by atoms with Gasteiger partial charge in [-0.3, -0.25) is 0 Å². The van der Waals surface area contributed by atoms with Crippen molar-refractivity contribution in [2.24, 2.45) is 5.92 Å². The van der Waals surface area contributed by atoms with E-state index < -0.39 is 0 Å². The molecule has 0 bridgehead atoms. The second kappa shape index (κ2) is 6.41. The molecule has 0 spiro atoms. The quantitative estimate of drug-likeness (QED) is 0.586. The van der Waals surface area contributed by atoms with E-state index in [2.05, 4.69) is 20.4 Å². The highest BCUT2D eigenvalue weighted by molar-refractivity contribution is 4.87. The van der Waals surface area contributed by atoms with Gasteiger partial charge in [-0.1, -0.05) is 12.5 Å². The summed E-state index contributed by atoms with van der Waals surface area (Å²) < 4.78 is 0. The molecule has 0 aliphatic heterocycles. The fraction of sp³-hybridized carbons (Fsp3) is 0.800. The minimum atomic E-state index is 0.331. The van der Waals surface area contributed by atoms with E-state index in [1.165, 1.54) is 12.0 Å². The van der Waals surface area contributed by atoms with Crippen molar-refractivity contribution in [3.63, 3.8) is 0 Å². The Morgan fingerprint density at radius 2 is 2.09 bits per heavy atom. The second-order valence-corrected chi connectivity index (χ2v) is 3.47. The Balaban J connectivity index is 3.22. The summed E-state index contributed by atoms with van der Waals surface area (Å²) >= 11 is 0. The number of aliphatic hydroxyl groups is 1. The molecular formula is C10H20O. The topological polar surface area (TPSA) is 20.2 Å². The van der Waals surface area contributed by atoms with Crippen LogP contribution in [-0.4, -0.2) is 11.7 Å². The molecule has 1 heteroatoms. The van der Waals surface area contributed by atoms with Crippen LogP contribution in [0.15, 0.2) is 12.2 Å². The second-order valence-electron chi connectivity index (χ2n) is 3.47. The molecule has 0 aromatic carbocycles. The Labute approximate surface area is 70.1 Å². The van der Waals surface area contributed by atoms with Gasteiger partial charge in [0.15, 0.2) is 0 Å². The normalized spacial score (nSPS) is 13.0. The molecule has 11 heavy (non-hydrogen) atoms. The molecule has 0 rings (SSSR count). The first-order valence-corrected chi connectivity index (χ1v) is 4.42. The third-order valence-electron chi connectivity index (χ3n) is 1.92. The summed E-state index contributed by atoms with van der Waals surface area (Å²) in [4.78, 5) is 0. The molecule has 0 heterocycles. The molecular weight excluding hydrogens is 136 g/mol. The Morgan fingerprint density at radius 1 is 1.45 bits per heavy atom. The van der Waals surface area contributed by atoms with Crippen molar-refractivity contribution in [2.45, 2.75) is 39.5 Å². The monoisotopic (exact) mass is 156 g/mol. The van der Waals surface area contributed by atoms with Gasteiger partial charge in [-0.05, 0) is 38.5 Å². The van der Waals surface area contributed by atoms with Crippen molar-refractivity contribution in [3.05, 3.63) is 12.2 Å². The zero-order chi connectivity index (χ0) is 8.69. The molecule has 0 aliphatic rings. The van der Waals surface area contributed by atoms with Crippen LogP contribution in [-0.2, 0) is 0 Å². The summed E-state index contributed by atoms with van der Waals surface area (Å²) in [5, 5.41) is 8.57. The number of allylic oxidation sites excluding steroid dienone is 1. The lowest BCUT2D eigenvalue weighted by atomic mass is 9.98. The lowest BCUT2D eigenvalue weighted by molar-refractivity contribution is 0.272. The molecule has 0 amide bonds. The zero-order valence-electron chi connectivity index (χ0n) is 7.77. The lowest BCUT2D eigenvalue weighted by Gasteiger charge is -2.09. The lowest BCUT2D eigenvalue weighted by Crippen LogP contribution is -1.96. The average molecular weight is 156 g/mol. The highest BCUT2D eigenvalue weighted by Gasteiger charge is 2.00. The van der Waals surface area contributed by atoms with Crippen LogP contribution in [0.2, 0.25) is 0 Å². The Bertz CT molecular complexity index is 107. The van der Waals surface area contributed by atoms with E-state index in [1.807, 2.05) is 0 Å². The molecule has 0 aromatic rings. The van der Waals surface area contributed by atoms with E-state index in [0.717, 1.165) is 25.2 Å². The van der Waals surface area contributed by atoms with E-state index in [9.17, 15) is 0 Å². The van der Waals surface area contributed by atoms with Crippen LogP contribution < -0.4 is 0 Å². The van der Waals surface area contributed by atoms with Crippen molar-refractivity contribution in [2.75, 3.05) is 6.61 Å². The van der Waals surface area contributed by atoms with E-state index in [4.69, 9.17) is 5.11 Å². The third kappa shape index (κ3) is 7.60. The van der Waals surface area contributed by atoms with Crippen LogP contribution in [0.4, 0.5) is 0 Å². The number of hydrogen-bond acceptors (Lipinski definition) is 1. The predicted molar refractivity (Wildman–Crippen MR) is 49.5 cm³/mol. The molecule has 0 saturated carbocycles. The molecule has 1 N–H and O–H groups in total. The van der Waals surface area contributed by atoms with Gasteiger partial charge in [0.25, 0.3) is 0 Å². The average Bonchev–Trinajstić information content (AvgIpc) is 1.97. The molecule has 0 aliphatic carbocycles. The number of aliphatic hydroxyl groups excluding tert-OH is 1. The predicted octanol–water partition coefficient (Wildman–Crippen LogP) is 2.75. The summed E-state index contributed by atoms with van der Waals surface area (Å²) in [6.07, 6.45) is 4.43. The molecule has 0 radical (unpaired) electrons. The van der Waals surface area contributed by atoms with Crippen molar-refractivity contribution < 1.29 is 5.11 Å². The van der Waals surface area contributed by atoms with Crippen LogP contribution in [0.3, 0.4) is 0 Å². The Morgan fingerprint density at radius 3 is 2.55 bits per heavy atom. The molecule has 1 nitrogen and oxygen atoms in total. The van der Waals surface area contributed by atoms with Crippen LogP contribution in [0.25, 0.3) is 0 Å². The van der Waals surface area contributed by atoms with Gasteiger partial charge in [0.1, 0.15) is 0 Å². The molecule has 1 atom stereocenters. The third-order valence-corrected chi connectivity index (χ3v) is 1.92. The van der Waals surface area contributed by atoms with Crippen LogP contribution >= 0.6 is 0 Å².